The molecule has 0 aromatic carbocycles. The number of ether oxygens (including phenoxy) is 1. The summed E-state index contributed by atoms with van der Waals surface area (Å²) >= 11 is 0. The first-order valence-electron chi connectivity index (χ1n) is 10.4. The molecule has 0 aliphatic rings. The van der Waals surface area contributed by atoms with Crippen LogP contribution in [-0.4, -0.2) is 12.1 Å². The normalized spacial score (nSPS) is 12.3. The Morgan fingerprint density at radius 3 is 1.48 bits per heavy atom. The molecule has 138 valence electrons. The zero-order chi connectivity index (χ0) is 17.2. The third-order valence-electron chi connectivity index (χ3n) is 4.59. The summed E-state index contributed by atoms with van der Waals surface area (Å²) < 4.78 is 5.27. The lowest BCUT2D eigenvalue weighted by molar-refractivity contribution is -0.148. The Labute approximate surface area is 145 Å². The van der Waals surface area contributed by atoms with Gasteiger partial charge in [-0.25, -0.2) is 0 Å². The molecule has 23 heavy (non-hydrogen) atoms. The summed E-state index contributed by atoms with van der Waals surface area (Å²) in [6.45, 7) is 6.14. The second-order valence-electron chi connectivity index (χ2n) is 7.04. The Morgan fingerprint density at radius 1 is 0.696 bits per heavy atom. The number of carbonyl (C=O) groups excluding carboxylic acids is 1. The standard InChI is InChI=1S/C21H42O2/c1-4-6-7-8-9-10-11-12-13-14-15-16-17-18-19-20(3)23-21(22)5-2/h20H,4-19H2,1-3H3. The monoisotopic (exact) mass is 326 g/mol. The Hall–Kier alpha value is -0.530. The van der Waals surface area contributed by atoms with Gasteiger partial charge in [-0.3, -0.25) is 4.79 Å². The minimum Gasteiger partial charge on any atom is -0.463 e. The maximum absolute atomic E-state index is 11.1. The Morgan fingerprint density at radius 2 is 1.09 bits per heavy atom. The van der Waals surface area contributed by atoms with E-state index in [2.05, 4.69) is 6.92 Å². The summed E-state index contributed by atoms with van der Waals surface area (Å²) in [6, 6.07) is 0. The molecular weight excluding hydrogens is 284 g/mol. The maximum atomic E-state index is 11.1. The summed E-state index contributed by atoms with van der Waals surface area (Å²) in [4.78, 5) is 11.1. The minimum absolute atomic E-state index is 0.0668. The summed E-state index contributed by atoms with van der Waals surface area (Å²) in [7, 11) is 0. The number of unbranched alkanes of at least 4 members (excludes halogenated alkanes) is 13. The molecule has 0 rings (SSSR count). The van der Waals surface area contributed by atoms with Gasteiger partial charge in [-0.1, -0.05) is 97.3 Å². The van der Waals surface area contributed by atoms with E-state index in [-0.39, 0.29) is 12.1 Å². The highest BCUT2D eigenvalue weighted by atomic mass is 16.5. The van der Waals surface area contributed by atoms with Crippen LogP contribution in [0.15, 0.2) is 0 Å². The Kier molecular flexibility index (Phi) is 17.4. The van der Waals surface area contributed by atoms with Crippen LogP contribution in [0.4, 0.5) is 0 Å². The van der Waals surface area contributed by atoms with Crippen molar-refractivity contribution < 1.29 is 9.53 Å². The fourth-order valence-corrected chi connectivity index (χ4v) is 2.99. The predicted molar refractivity (Wildman–Crippen MR) is 101 cm³/mol. The van der Waals surface area contributed by atoms with E-state index in [0.717, 1.165) is 6.42 Å². The quantitative estimate of drug-likeness (QED) is 0.209. The molecule has 0 amide bonds. The van der Waals surface area contributed by atoms with E-state index in [1.54, 1.807) is 0 Å². The van der Waals surface area contributed by atoms with Crippen molar-refractivity contribution in [1.82, 2.24) is 0 Å². The number of hydrogen-bond acceptors (Lipinski definition) is 2. The van der Waals surface area contributed by atoms with Gasteiger partial charge >= 0.3 is 5.97 Å². The van der Waals surface area contributed by atoms with Gasteiger partial charge < -0.3 is 4.74 Å². The number of esters is 1. The second kappa shape index (κ2) is 17.8. The van der Waals surface area contributed by atoms with Crippen LogP contribution >= 0.6 is 0 Å². The molecule has 0 heterocycles. The number of hydrogen-bond donors (Lipinski definition) is 0. The van der Waals surface area contributed by atoms with Gasteiger partial charge in [0.1, 0.15) is 0 Å². The van der Waals surface area contributed by atoms with E-state index in [1.165, 1.54) is 89.9 Å². The predicted octanol–water partition coefficient (Wildman–Crippen LogP) is 7.20. The van der Waals surface area contributed by atoms with Gasteiger partial charge in [0.15, 0.2) is 0 Å². The summed E-state index contributed by atoms with van der Waals surface area (Å²) in [5, 5.41) is 0. The smallest absolute Gasteiger partial charge is 0.305 e. The first-order chi connectivity index (χ1) is 11.2. The van der Waals surface area contributed by atoms with Gasteiger partial charge in [-0.2, -0.15) is 0 Å². The van der Waals surface area contributed by atoms with E-state index in [1.807, 2.05) is 13.8 Å². The highest BCUT2D eigenvalue weighted by Gasteiger charge is 2.06. The largest absolute Gasteiger partial charge is 0.463 e. The Balaban J connectivity index is 3.12. The summed E-state index contributed by atoms with van der Waals surface area (Å²) in [5.74, 6) is -0.0668. The van der Waals surface area contributed by atoms with Crippen molar-refractivity contribution in [1.29, 1.82) is 0 Å². The molecule has 0 spiro atoms. The molecule has 0 bridgehead atoms. The SMILES string of the molecule is CCCCCCCCCCCCCCCCC(C)OC(=O)CC. The molecule has 0 saturated heterocycles. The second-order valence-corrected chi connectivity index (χ2v) is 7.04. The first-order valence-corrected chi connectivity index (χ1v) is 10.4. The Bertz CT molecular complexity index is 250. The highest BCUT2D eigenvalue weighted by Crippen LogP contribution is 2.14. The van der Waals surface area contributed by atoms with Crippen LogP contribution in [0.5, 0.6) is 0 Å². The van der Waals surface area contributed by atoms with Crippen molar-refractivity contribution in [2.45, 2.75) is 130 Å². The third kappa shape index (κ3) is 17.7. The zero-order valence-corrected chi connectivity index (χ0v) is 16.2. The molecule has 2 heteroatoms. The van der Waals surface area contributed by atoms with E-state index >= 15 is 0 Å². The van der Waals surface area contributed by atoms with Gasteiger partial charge in [-0.05, 0) is 19.8 Å². The average molecular weight is 327 g/mol. The van der Waals surface area contributed by atoms with Crippen LogP contribution in [0.3, 0.4) is 0 Å². The van der Waals surface area contributed by atoms with Crippen molar-refractivity contribution in [3.8, 4) is 0 Å². The van der Waals surface area contributed by atoms with Crippen LogP contribution in [0.1, 0.15) is 124 Å². The first kappa shape index (κ1) is 22.5. The van der Waals surface area contributed by atoms with E-state index in [9.17, 15) is 4.79 Å². The van der Waals surface area contributed by atoms with Gasteiger partial charge in [0, 0.05) is 6.42 Å². The molecule has 0 radical (unpaired) electrons. The van der Waals surface area contributed by atoms with Gasteiger partial charge in [0.05, 0.1) is 6.10 Å². The fourth-order valence-electron chi connectivity index (χ4n) is 2.99. The minimum atomic E-state index is -0.0668. The molecule has 1 unspecified atom stereocenters. The van der Waals surface area contributed by atoms with E-state index < -0.39 is 0 Å². The molecule has 0 N–H and O–H groups in total. The van der Waals surface area contributed by atoms with Crippen LogP contribution in [0.2, 0.25) is 0 Å². The third-order valence-corrected chi connectivity index (χ3v) is 4.59. The van der Waals surface area contributed by atoms with Crippen molar-refractivity contribution in [3.05, 3.63) is 0 Å². The van der Waals surface area contributed by atoms with Crippen molar-refractivity contribution >= 4 is 5.97 Å². The van der Waals surface area contributed by atoms with Crippen LogP contribution in [-0.2, 0) is 9.53 Å². The molecule has 0 saturated carbocycles. The molecule has 0 fully saturated rings. The van der Waals surface area contributed by atoms with Crippen LogP contribution in [0, 0.1) is 0 Å². The lowest BCUT2D eigenvalue weighted by Crippen LogP contribution is -2.13. The lowest BCUT2D eigenvalue weighted by atomic mass is 10.0. The van der Waals surface area contributed by atoms with Gasteiger partial charge in [0.25, 0.3) is 0 Å². The number of rotatable bonds is 17. The van der Waals surface area contributed by atoms with Crippen molar-refractivity contribution in [3.63, 3.8) is 0 Å². The summed E-state index contributed by atoms with van der Waals surface area (Å²) in [6.07, 6.45) is 21.0. The van der Waals surface area contributed by atoms with E-state index in [0.29, 0.717) is 6.42 Å². The lowest BCUT2D eigenvalue weighted by Gasteiger charge is -2.12. The number of carbonyl (C=O) groups is 1. The zero-order valence-electron chi connectivity index (χ0n) is 16.2. The molecule has 0 aromatic heterocycles. The van der Waals surface area contributed by atoms with Gasteiger partial charge in [-0.15, -0.1) is 0 Å². The summed E-state index contributed by atoms with van der Waals surface area (Å²) in [5.41, 5.74) is 0. The topological polar surface area (TPSA) is 26.3 Å². The fraction of sp³-hybridized carbons (Fsp3) is 0.952. The molecule has 0 aromatic rings. The average Bonchev–Trinajstić information content (AvgIpc) is 2.55. The van der Waals surface area contributed by atoms with Crippen LogP contribution < -0.4 is 0 Å². The molecule has 1 atom stereocenters. The molecule has 2 nitrogen and oxygen atoms in total. The maximum Gasteiger partial charge on any atom is 0.305 e. The van der Waals surface area contributed by atoms with Crippen molar-refractivity contribution in [2.75, 3.05) is 0 Å². The highest BCUT2D eigenvalue weighted by molar-refractivity contribution is 5.69. The molecule has 0 aliphatic carbocycles. The van der Waals surface area contributed by atoms with Crippen LogP contribution in [0.25, 0.3) is 0 Å². The van der Waals surface area contributed by atoms with E-state index in [4.69, 9.17) is 4.74 Å². The van der Waals surface area contributed by atoms with Crippen molar-refractivity contribution in [2.24, 2.45) is 0 Å². The van der Waals surface area contributed by atoms with Gasteiger partial charge in [0.2, 0.25) is 0 Å². The molecule has 0 aliphatic heterocycles. The molecular formula is C21H42O2.